The van der Waals surface area contributed by atoms with E-state index < -0.39 is 5.60 Å². The molecule has 0 amide bonds. The van der Waals surface area contributed by atoms with Crippen molar-refractivity contribution in [2.24, 2.45) is 0 Å². The van der Waals surface area contributed by atoms with E-state index in [0.717, 1.165) is 5.69 Å². The fourth-order valence-corrected chi connectivity index (χ4v) is 1.51. The van der Waals surface area contributed by atoms with Crippen LogP contribution in [-0.2, 0) is 11.2 Å². The molecule has 0 saturated heterocycles. The second kappa shape index (κ2) is 4.77. The first kappa shape index (κ1) is 12.2. The number of hydrogen-bond donors (Lipinski definition) is 1. The van der Waals surface area contributed by atoms with E-state index >= 15 is 0 Å². The van der Waals surface area contributed by atoms with Crippen molar-refractivity contribution in [2.45, 2.75) is 38.8 Å². The Bertz CT molecular complexity index is 305. The SMILES string of the molecule is COCC(C)(O)Cc1ccn(C(C)C)n1. The van der Waals surface area contributed by atoms with Gasteiger partial charge >= 0.3 is 0 Å². The van der Waals surface area contributed by atoms with Gasteiger partial charge in [0, 0.05) is 25.8 Å². The lowest BCUT2D eigenvalue weighted by Gasteiger charge is -2.20. The van der Waals surface area contributed by atoms with Gasteiger partial charge in [-0.05, 0) is 26.8 Å². The summed E-state index contributed by atoms with van der Waals surface area (Å²) in [5, 5.41) is 14.3. The van der Waals surface area contributed by atoms with Crippen LogP contribution in [0.4, 0.5) is 0 Å². The summed E-state index contributed by atoms with van der Waals surface area (Å²) in [6, 6.07) is 2.29. The quantitative estimate of drug-likeness (QED) is 0.802. The Labute approximate surface area is 90.9 Å². The van der Waals surface area contributed by atoms with E-state index in [1.807, 2.05) is 16.9 Å². The maximum Gasteiger partial charge on any atom is 0.0907 e. The van der Waals surface area contributed by atoms with Crippen molar-refractivity contribution in [2.75, 3.05) is 13.7 Å². The monoisotopic (exact) mass is 212 g/mol. The van der Waals surface area contributed by atoms with E-state index in [1.165, 1.54) is 0 Å². The molecule has 4 heteroatoms. The average Bonchev–Trinajstić information content (AvgIpc) is 2.51. The largest absolute Gasteiger partial charge is 0.387 e. The topological polar surface area (TPSA) is 47.3 Å². The Morgan fingerprint density at radius 1 is 1.60 bits per heavy atom. The molecule has 1 rings (SSSR count). The van der Waals surface area contributed by atoms with Gasteiger partial charge in [-0.15, -0.1) is 0 Å². The Kier molecular flexibility index (Phi) is 3.88. The summed E-state index contributed by atoms with van der Waals surface area (Å²) in [5.41, 5.74) is 0.0519. The summed E-state index contributed by atoms with van der Waals surface area (Å²) in [6.07, 6.45) is 2.45. The summed E-state index contributed by atoms with van der Waals surface area (Å²) in [6.45, 7) is 6.22. The van der Waals surface area contributed by atoms with Gasteiger partial charge < -0.3 is 9.84 Å². The molecule has 86 valence electrons. The van der Waals surface area contributed by atoms with Crippen LogP contribution in [0.25, 0.3) is 0 Å². The molecule has 0 bridgehead atoms. The van der Waals surface area contributed by atoms with Crippen LogP contribution in [0, 0.1) is 0 Å². The van der Waals surface area contributed by atoms with Crippen molar-refractivity contribution in [1.82, 2.24) is 9.78 Å². The number of methoxy groups -OCH3 is 1. The molecule has 4 nitrogen and oxygen atoms in total. The number of aliphatic hydroxyl groups is 1. The summed E-state index contributed by atoms with van der Waals surface area (Å²) in [4.78, 5) is 0. The molecule has 0 saturated carbocycles. The highest BCUT2D eigenvalue weighted by atomic mass is 16.5. The maximum absolute atomic E-state index is 9.94. The number of hydrogen-bond acceptors (Lipinski definition) is 3. The Hall–Kier alpha value is -0.870. The van der Waals surface area contributed by atoms with Gasteiger partial charge in [-0.3, -0.25) is 4.68 Å². The smallest absolute Gasteiger partial charge is 0.0907 e. The molecular weight excluding hydrogens is 192 g/mol. The molecule has 15 heavy (non-hydrogen) atoms. The number of nitrogens with zero attached hydrogens (tertiary/aromatic N) is 2. The summed E-state index contributed by atoms with van der Waals surface area (Å²) in [7, 11) is 1.58. The molecular formula is C11H20N2O2. The third-order valence-electron chi connectivity index (χ3n) is 2.21. The average molecular weight is 212 g/mol. The predicted octanol–water partition coefficient (Wildman–Crippen LogP) is 1.40. The first-order valence-electron chi connectivity index (χ1n) is 5.20. The van der Waals surface area contributed by atoms with Crippen molar-refractivity contribution in [3.8, 4) is 0 Å². The lowest BCUT2D eigenvalue weighted by atomic mass is 10.0. The Balaban J connectivity index is 2.64. The van der Waals surface area contributed by atoms with E-state index in [-0.39, 0.29) is 0 Å². The van der Waals surface area contributed by atoms with Crippen LogP contribution in [0.2, 0.25) is 0 Å². The van der Waals surface area contributed by atoms with E-state index in [4.69, 9.17) is 4.74 Å². The zero-order valence-electron chi connectivity index (χ0n) is 9.90. The van der Waals surface area contributed by atoms with Gasteiger partial charge in [0.25, 0.3) is 0 Å². The van der Waals surface area contributed by atoms with Crippen LogP contribution in [0.1, 0.15) is 32.5 Å². The lowest BCUT2D eigenvalue weighted by Crippen LogP contribution is -2.33. The van der Waals surface area contributed by atoms with Crippen LogP contribution in [0.3, 0.4) is 0 Å². The zero-order valence-corrected chi connectivity index (χ0v) is 9.90. The van der Waals surface area contributed by atoms with Gasteiger partial charge in [0.15, 0.2) is 0 Å². The first-order valence-corrected chi connectivity index (χ1v) is 5.20. The summed E-state index contributed by atoms with van der Waals surface area (Å²) in [5.74, 6) is 0. The van der Waals surface area contributed by atoms with Crippen molar-refractivity contribution >= 4 is 0 Å². The third kappa shape index (κ3) is 3.64. The molecule has 1 aromatic heterocycles. The number of ether oxygens (including phenoxy) is 1. The van der Waals surface area contributed by atoms with Gasteiger partial charge in [-0.2, -0.15) is 5.10 Å². The Morgan fingerprint density at radius 2 is 2.27 bits per heavy atom. The van der Waals surface area contributed by atoms with Gasteiger partial charge in [-0.1, -0.05) is 0 Å². The highest BCUT2D eigenvalue weighted by molar-refractivity contribution is 5.03. The van der Waals surface area contributed by atoms with Crippen LogP contribution >= 0.6 is 0 Å². The first-order chi connectivity index (χ1) is 6.94. The van der Waals surface area contributed by atoms with Gasteiger partial charge in [-0.25, -0.2) is 0 Å². The van der Waals surface area contributed by atoms with E-state index in [0.29, 0.717) is 19.1 Å². The van der Waals surface area contributed by atoms with E-state index in [9.17, 15) is 5.11 Å². The number of aromatic nitrogens is 2. The van der Waals surface area contributed by atoms with Crippen LogP contribution < -0.4 is 0 Å². The molecule has 0 aliphatic heterocycles. The fourth-order valence-electron chi connectivity index (χ4n) is 1.51. The normalized spacial score (nSPS) is 15.6. The van der Waals surface area contributed by atoms with Gasteiger partial charge in [0.1, 0.15) is 0 Å². The summed E-state index contributed by atoms with van der Waals surface area (Å²) >= 11 is 0. The van der Waals surface area contributed by atoms with Crippen LogP contribution in [-0.4, -0.2) is 34.2 Å². The van der Waals surface area contributed by atoms with Crippen molar-refractivity contribution in [3.05, 3.63) is 18.0 Å². The van der Waals surface area contributed by atoms with Crippen molar-refractivity contribution < 1.29 is 9.84 Å². The third-order valence-corrected chi connectivity index (χ3v) is 2.21. The summed E-state index contributed by atoms with van der Waals surface area (Å²) < 4.78 is 6.84. The minimum Gasteiger partial charge on any atom is -0.387 e. The minimum absolute atomic E-state index is 0.321. The second-order valence-corrected chi connectivity index (χ2v) is 4.49. The molecule has 1 atom stereocenters. The van der Waals surface area contributed by atoms with Crippen LogP contribution in [0.15, 0.2) is 12.3 Å². The lowest BCUT2D eigenvalue weighted by molar-refractivity contribution is -0.0168. The fraction of sp³-hybridized carbons (Fsp3) is 0.727. The predicted molar refractivity (Wildman–Crippen MR) is 58.8 cm³/mol. The van der Waals surface area contributed by atoms with Crippen molar-refractivity contribution in [1.29, 1.82) is 0 Å². The van der Waals surface area contributed by atoms with Crippen LogP contribution in [0.5, 0.6) is 0 Å². The molecule has 0 radical (unpaired) electrons. The molecule has 0 fully saturated rings. The number of rotatable bonds is 5. The minimum atomic E-state index is -0.842. The molecule has 1 N–H and O–H groups in total. The molecule has 0 aromatic carbocycles. The maximum atomic E-state index is 9.94. The molecule has 0 aliphatic carbocycles. The zero-order chi connectivity index (χ0) is 11.5. The van der Waals surface area contributed by atoms with E-state index in [2.05, 4.69) is 18.9 Å². The molecule has 1 aromatic rings. The van der Waals surface area contributed by atoms with E-state index in [1.54, 1.807) is 14.0 Å². The highest BCUT2D eigenvalue weighted by Crippen LogP contribution is 2.13. The second-order valence-electron chi connectivity index (χ2n) is 4.49. The molecule has 1 unspecified atom stereocenters. The highest BCUT2D eigenvalue weighted by Gasteiger charge is 2.22. The molecule has 0 aliphatic rings. The van der Waals surface area contributed by atoms with Gasteiger partial charge in [0.05, 0.1) is 17.9 Å². The standard InChI is InChI=1S/C11H20N2O2/c1-9(2)13-6-5-10(12-13)7-11(3,14)8-15-4/h5-6,9,14H,7-8H2,1-4H3. The van der Waals surface area contributed by atoms with Gasteiger partial charge in [0.2, 0.25) is 0 Å². The molecule has 1 heterocycles. The molecule has 0 spiro atoms. The van der Waals surface area contributed by atoms with Crippen molar-refractivity contribution in [3.63, 3.8) is 0 Å². The Morgan fingerprint density at radius 3 is 2.73 bits per heavy atom.